The second kappa shape index (κ2) is 10.3. The van der Waals surface area contributed by atoms with Crippen molar-refractivity contribution in [2.75, 3.05) is 38.8 Å². The molecule has 0 spiro atoms. The summed E-state index contributed by atoms with van der Waals surface area (Å²) in [5.41, 5.74) is 3.17. The zero-order chi connectivity index (χ0) is 25.8. The van der Waals surface area contributed by atoms with Gasteiger partial charge in [-0.05, 0) is 37.3 Å². The van der Waals surface area contributed by atoms with E-state index in [2.05, 4.69) is 26.8 Å². The van der Waals surface area contributed by atoms with E-state index in [9.17, 15) is 9.18 Å². The molecule has 10 heteroatoms. The van der Waals surface area contributed by atoms with E-state index < -0.39 is 5.82 Å². The number of rotatable bonds is 9. The maximum absolute atomic E-state index is 14.7. The third-order valence-corrected chi connectivity index (χ3v) is 5.58. The average Bonchev–Trinajstić information content (AvgIpc) is 3.23. The lowest BCUT2D eigenvalue weighted by Gasteiger charge is -2.18. The fourth-order valence-electron chi connectivity index (χ4n) is 3.97. The molecule has 0 aliphatic rings. The van der Waals surface area contributed by atoms with Crippen molar-refractivity contribution in [2.24, 2.45) is 0 Å². The summed E-state index contributed by atoms with van der Waals surface area (Å²) in [6, 6.07) is 9.94. The molecule has 4 aromatic rings. The van der Waals surface area contributed by atoms with E-state index in [1.54, 1.807) is 31.2 Å². The van der Waals surface area contributed by atoms with Crippen molar-refractivity contribution >= 4 is 33.5 Å². The molecule has 0 saturated heterocycles. The Bertz CT molecular complexity index is 1510. The molecular formula is C26H25FN6O3. The number of benzene rings is 2. The Balaban J connectivity index is 1.91. The van der Waals surface area contributed by atoms with Crippen LogP contribution in [-0.4, -0.2) is 54.7 Å². The molecule has 0 unspecified atom stereocenters. The van der Waals surface area contributed by atoms with Gasteiger partial charge in [0.25, 0.3) is 5.91 Å². The number of hydrogen-bond donors (Lipinski definition) is 2. The number of ether oxygens (including phenoxy) is 2. The number of amides is 1. The number of fused-ring (bicyclic) bond motifs is 3. The van der Waals surface area contributed by atoms with Gasteiger partial charge >= 0.3 is 0 Å². The van der Waals surface area contributed by atoms with E-state index in [0.29, 0.717) is 51.5 Å². The zero-order valence-electron chi connectivity index (χ0n) is 20.2. The highest BCUT2D eigenvalue weighted by Crippen LogP contribution is 2.39. The van der Waals surface area contributed by atoms with Crippen LogP contribution in [0.1, 0.15) is 5.82 Å². The molecule has 0 fully saturated rings. The van der Waals surface area contributed by atoms with Gasteiger partial charge in [0.05, 0.1) is 22.3 Å². The maximum atomic E-state index is 14.7. The molecule has 2 heterocycles. The normalized spacial score (nSPS) is 10.8. The van der Waals surface area contributed by atoms with Crippen LogP contribution in [0, 0.1) is 24.1 Å². The molecule has 1 amide bonds. The van der Waals surface area contributed by atoms with E-state index in [0.717, 1.165) is 5.52 Å². The first-order valence-corrected chi connectivity index (χ1v) is 11.2. The monoisotopic (exact) mass is 488 g/mol. The van der Waals surface area contributed by atoms with Gasteiger partial charge in [0, 0.05) is 31.6 Å². The molecule has 0 saturated carbocycles. The highest BCUT2D eigenvalue weighted by molar-refractivity contribution is 6.15. The summed E-state index contributed by atoms with van der Waals surface area (Å²) in [6.45, 7) is 5.65. The molecule has 0 aliphatic heterocycles. The molecule has 4 rings (SSSR count). The predicted molar refractivity (Wildman–Crippen MR) is 136 cm³/mol. The molecule has 9 nitrogen and oxygen atoms in total. The fourth-order valence-corrected chi connectivity index (χ4v) is 3.97. The van der Waals surface area contributed by atoms with Crippen molar-refractivity contribution in [3.8, 4) is 28.8 Å². The molecular weight excluding hydrogens is 463 g/mol. The first-order chi connectivity index (χ1) is 17.4. The minimum absolute atomic E-state index is 0.210. The van der Waals surface area contributed by atoms with E-state index in [1.165, 1.54) is 19.2 Å². The number of halogens is 1. The molecule has 36 heavy (non-hydrogen) atoms. The van der Waals surface area contributed by atoms with Gasteiger partial charge in [-0.3, -0.25) is 4.79 Å². The Hall–Kier alpha value is -4.65. The van der Waals surface area contributed by atoms with Crippen LogP contribution in [0.25, 0.3) is 33.2 Å². The smallest absolute Gasteiger partial charge is 0.257 e. The number of nitriles is 1. The van der Waals surface area contributed by atoms with Crippen LogP contribution in [-0.2, 0) is 4.79 Å². The second-order valence-electron chi connectivity index (χ2n) is 8.05. The SMILES string of the molecule is C=CCN(C)c1cc(F)cc2c1[nH]c1nc(C)nc(-c3ccc(OCC(=O)NC)c(OCC#N)c3)c12. The number of anilines is 1. The molecule has 0 aliphatic carbocycles. The zero-order valence-corrected chi connectivity index (χ0v) is 20.2. The van der Waals surface area contributed by atoms with E-state index >= 15 is 0 Å². The standard InChI is InChI=1S/C26H25FN6O3/c1-5-9-33(4)19-13-17(27)12-18-23-24(30-15(2)31-26(23)32-25(18)19)16-6-7-20(36-14-22(34)29-3)21(11-16)35-10-8-28/h5-7,11-13H,1,9-10,14H2,2-4H3,(H,29,34)(H,30,31,32). The number of aromatic nitrogens is 3. The topological polar surface area (TPSA) is 116 Å². The highest BCUT2D eigenvalue weighted by Gasteiger charge is 2.20. The van der Waals surface area contributed by atoms with Crippen LogP contribution in [0.15, 0.2) is 43.0 Å². The lowest BCUT2D eigenvalue weighted by atomic mass is 10.0. The third-order valence-electron chi connectivity index (χ3n) is 5.58. The summed E-state index contributed by atoms with van der Waals surface area (Å²) in [5, 5.41) is 12.8. The van der Waals surface area contributed by atoms with Crippen LogP contribution < -0.4 is 19.7 Å². The average molecular weight is 489 g/mol. The van der Waals surface area contributed by atoms with Crippen molar-refractivity contribution in [2.45, 2.75) is 6.92 Å². The summed E-state index contributed by atoms with van der Waals surface area (Å²) in [4.78, 5) is 26.1. The fraction of sp³-hybridized carbons (Fsp3) is 0.231. The quantitative estimate of drug-likeness (QED) is 0.344. The Labute approximate surface area is 207 Å². The predicted octanol–water partition coefficient (Wildman–Crippen LogP) is 3.88. The Morgan fingerprint density at radius 3 is 2.81 bits per heavy atom. The summed E-state index contributed by atoms with van der Waals surface area (Å²) >= 11 is 0. The first-order valence-electron chi connectivity index (χ1n) is 11.2. The molecule has 2 aromatic heterocycles. The number of carbonyl (C=O) groups is 1. The van der Waals surface area contributed by atoms with E-state index in [-0.39, 0.29) is 24.9 Å². The molecule has 0 radical (unpaired) electrons. The van der Waals surface area contributed by atoms with E-state index in [4.69, 9.17) is 14.7 Å². The number of hydrogen-bond acceptors (Lipinski definition) is 7. The van der Waals surface area contributed by atoms with Crippen LogP contribution in [0.5, 0.6) is 11.5 Å². The Morgan fingerprint density at radius 2 is 2.08 bits per heavy atom. The van der Waals surface area contributed by atoms with Crippen molar-refractivity contribution in [3.05, 3.63) is 54.6 Å². The minimum Gasteiger partial charge on any atom is -0.480 e. The van der Waals surface area contributed by atoms with Crippen molar-refractivity contribution in [3.63, 3.8) is 0 Å². The number of nitrogens with one attached hydrogen (secondary N) is 2. The second-order valence-corrected chi connectivity index (χ2v) is 8.05. The van der Waals surface area contributed by atoms with Crippen LogP contribution in [0.3, 0.4) is 0 Å². The van der Waals surface area contributed by atoms with Gasteiger partial charge in [0.1, 0.15) is 23.4 Å². The highest BCUT2D eigenvalue weighted by atomic mass is 19.1. The summed E-state index contributed by atoms with van der Waals surface area (Å²) in [5.74, 6) is 0.399. The van der Waals surface area contributed by atoms with Gasteiger partial charge in [-0.15, -0.1) is 6.58 Å². The van der Waals surface area contributed by atoms with Gasteiger partial charge in [-0.25, -0.2) is 14.4 Å². The number of likely N-dealkylation sites (N-methyl/N-ethyl adjacent to an activating group) is 2. The Kier molecular flexibility index (Phi) is 7.01. The van der Waals surface area contributed by atoms with E-state index in [1.807, 2.05) is 18.0 Å². The van der Waals surface area contributed by atoms with Crippen molar-refractivity contribution in [1.82, 2.24) is 20.3 Å². The lowest BCUT2D eigenvalue weighted by molar-refractivity contribution is -0.122. The number of H-pyrrole nitrogens is 1. The Morgan fingerprint density at radius 1 is 1.28 bits per heavy atom. The summed E-state index contributed by atoms with van der Waals surface area (Å²) in [7, 11) is 3.37. The molecule has 2 N–H and O–H groups in total. The number of carbonyl (C=O) groups excluding carboxylic acids is 1. The van der Waals surface area contributed by atoms with Gasteiger partial charge in [-0.2, -0.15) is 5.26 Å². The maximum Gasteiger partial charge on any atom is 0.257 e. The van der Waals surface area contributed by atoms with Gasteiger partial charge < -0.3 is 24.7 Å². The van der Waals surface area contributed by atoms with Gasteiger partial charge in [0.15, 0.2) is 24.7 Å². The minimum atomic E-state index is -0.392. The lowest BCUT2D eigenvalue weighted by Crippen LogP contribution is -2.24. The van der Waals surface area contributed by atoms with Crippen LogP contribution in [0.2, 0.25) is 0 Å². The number of aromatic amines is 1. The molecule has 0 bridgehead atoms. The third kappa shape index (κ3) is 4.77. The summed E-state index contributed by atoms with van der Waals surface area (Å²) in [6.07, 6.45) is 1.74. The number of aryl methyl sites for hydroxylation is 1. The summed E-state index contributed by atoms with van der Waals surface area (Å²) < 4.78 is 25.9. The molecule has 0 atom stereocenters. The van der Waals surface area contributed by atoms with Gasteiger partial charge in [-0.1, -0.05) is 6.08 Å². The van der Waals surface area contributed by atoms with Crippen molar-refractivity contribution in [1.29, 1.82) is 5.26 Å². The molecule has 2 aromatic carbocycles. The van der Waals surface area contributed by atoms with Crippen molar-refractivity contribution < 1.29 is 18.7 Å². The van der Waals surface area contributed by atoms with Gasteiger partial charge in [0.2, 0.25) is 0 Å². The van der Waals surface area contributed by atoms with Crippen LogP contribution >= 0.6 is 0 Å². The largest absolute Gasteiger partial charge is 0.480 e. The first kappa shape index (κ1) is 24.5. The molecule has 184 valence electrons. The number of nitrogens with zero attached hydrogens (tertiary/aromatic N) is 4. The van der Waals surface area contributed by atoms with Crippen LogP contribution in [0.4, 0.5) is 10.1 Å².